The topological polar surface area (TPSA) is 54.5 Å². The van der Waals surface area contributed by atoms with Crippen LogP contribution in [0.25, 0.3) is 10.9 Å². The summed E-state index contributed by atoms with van der Waals surface area (Å²) in [5, 5.41) is 7.34. The molecule has 4 heteroatoms. The highest BCUT2D eigenvalue weighted by molar-refractivity contribution is 5.93. The molecule has 1 aromatic carbocycles. The van der Waals surface area contributed by atoms with Crippen LogP contribution in [0.2, 0.25) is 0 Å². The van der Waals surface area contributed by atoms with E-state index in [2.05, 4.69) is 22.2 Å². The van der Waals surface area contributed by atoms with E-state index in [9.17, 15) is 0 Å². The molecule has 0 amide bonds. The van der Waals surface area contributed by atoms with Crippen molar-refractivity contribution in [2.24, 2.45) is 10.8 Å². The summed E-state index contributed by atoms with van der Waals surface area (Å²) in [5.74, 6) is 0.688. The number of nitrogens with zero attached hydrogens (tertiary/aromatic N) is 3. The molecule has 2 heterocycles. The summed E-state index contributed by atoms with van der Waals surface area (Å²) >= 11 is 0. The molecule has 1 aliphatic rings. The lowest BCUT2D eigenvalue weighted by atomic mass is 10.2. The molecule has 1 aromatic heterocycles. The number of para-hydroxylation sites is 1. The molecule has 0 atom stereocenters. The van der Waals surface area contributed by atoms with E-state index >= 15 is 0 Å². The first-order valence-electron chi connectivity index (χ1n) is 5.29. The summed E-state index contributed by atoms with van der Waals surface area (Å²) in [5.41, 5.74) is 7.70. The first-order chi connectivity index (χ1) is 7.84. The van der Waals surface area contributed by atoms with Gasteiger partial charge >= 0.3 is 0 Å². The number of rotatable bonds is 1. The van der Waals surface area contributed by atoms with Gasteiger partial charge in [0.2, 0.25) is 0 Å². The van der Waals surface area contributed by atoms with Gasteiger partial charge in [0.15, 0.2) is 0 Å². The van der Waals surface area contributed by atoms with Gasteiger partial charge in [0, 0.05) is 24.5 Å². The van der Waals surface area contributed by atoms with Crippen molar-refractivity contribution < 1.29 is 0 Å². The maximum atomic E-state index is 5.69. The second-order valence-electron chi connectivity index (χ2n) is 3.82. The van der Waals surface area contributed by atoms with Gasteiger partial charge in [0.25, 0.3) is 0 Å². The van der Waals surface area contributed by atoms with Crippen LogP contribution in [0.4, 0.5) is 5.69 Å². The molecule has 2 N–H and O–H groups in total. The van der Waals surface area contributed by atoms with E-state index in [-0.39, 0.29) is 0 Å². The van der Waals surface area contributed by atoms with Crippen molar-refractivity contribution in [2.75, 3.05) is 11.6 Å². The summed E-state index contributed by atoms with van der Waals surface area (Å²) in [6.07, 6.45) is 2.62. The van der Waals surface area contributed by atoms with E-state index in [1.807, 2.05) is 23.2 Å². The lowest BCUT2D eigenvalue weighted by molar-refractivity contribution is 0.925. The fraction of sp³-hybridized carbons (Fsp3) is 0.167. The Kier molecular flexibility index (Phi) is 1.99. The van der Waals surface area contributed by atoms with E-state index < -0.39 is 0 Å². The molecule has 80 valence electrons. The number of amidine groups is 1. The van der Waals surface area contributed by atoms with Crippen molar-refractivity contribution in [3.63, 3.8) is 0 Å². The number of aromatic nitrogens is 1. The summed E-state index contributed by atoms with van der Waals surface area (Å²) < 4.78 is 0. The zero-order chi connectivity index (χ0) is 11.0. The number of hydrogen-bond donors (Lipinski definition) is 1. The van der Waals surface area contributed by atoms with Gasteiger partial charge in [-0.2, -0.15) is 5.10 Å². The van der Waals surface area contributed by atoms with Gasteiger partial charge in [0.1, 0.15) is 5.84 Å². The second kappa shape index (κ2) is 3.48. The first kappa shape index (κ1) is 9.15. The average Bonchev–Trinajstić information content (AvgIpc) is 2.75. The highest BCUT2D eigenvalue weighted by Crippen LogP contribution is 2.26. The summed E-state index contributed by atoms with van der Waals surface area (Å²) in [4.78, 5) is 4.40. The van der Waals surface area contributed by atoms with Gasteiger partial charge in [-0.25, -0.2) is 0 Å². The zero-order valence-corrected chi connectivity index (χ0v) is 8.80. The van der Waals surface area contributed by atoms with Gasteiger partial charge in [-0.1, -0.05) is 18.2 Å². The Balaban J connectivity index is 2.17. The van der Waals surface area contributed by atoms with E-state index in [0.29, 0.717) is 5.84 Å². The molecule has 3 rings (SSSR count). The molecule has 0 unspecified atom stereocenters. The number of hydrogen-bond acceptors (Lipinski definition) is 4. The molecular formula is C12H12N4. The molecule has 2 aromatic rings. The predicted octanol–water partition coefficient (Wildman–Crippen LogP) is 1.72. The lowest BCUT2D eigenvalue weighted by Crippen LogP contribution is -2.12. The minimum Gasteiger partial charge on any atom is -0.386 e. The summed E-state index contributed by atoms with van der Waals surface area (Å²) in [6.45, 7) is 0.835. The Bertz CT molecular complexity index is 556. The van der Waals surface area contributed by atoms with Gasteiger partial charge in [-0.05, 0) is 12.1 Å². The molecule has 1 aliphatic heterocycles. The molecule has 0 aliphatic carbocycles. The quantitative estimate of drug-likeness (QED) is 0.783. The number of anilines is 1. The Morgan fingerprint density at radius 3 is 2.88 bits per heavy atom. The van der Waals surface area contributed by atoms with Crippen molar-refractivity contribution in [3.8, 4) is 0 Å². The Labute approximate surface area is 93.4 Å². The van der Waals surface area contributed by atoms with E-state index in [0.717, 1.165) is 29.6 Å². The molecule has 0 fully saturated rings. The monoisotopic (exact) mass is 212 g/mol. The van der Waals surface area contributed by atoms with Gasteiger partial charge in [0.05, 0.1) is 11.2 Å². The molecule has 0 spiro atoms. The SMILES string of the molecule is NC1=NN(c2cccc3cccnc23)CC1. The number of benzene rings is 1. The smallest absolute Gasteiger partial charge is 0.122 e. The minimum atomic E-state index is 0.688. The molecule has 0 bridgehead atoms. The van der Waals surface area contributed by atoms with Crippen molar-refractivity contribution in [3.05, 3.63) is 36.5 Å². The largest absolute Gasteiger partial charge is 0.386 e. The number of nitrogens with two attached hydrogens (primary N) is 1. The number of fused-ring (bicyclic) bond motifs is 1. The lowest BCUT2D eigenvalue weighted by Gasteiger charge is -2.14. The first-order valence-corrected chi connectivity index (χ1v) is 5.29. The molecule has 4 nitrogen and oxygen atoms in total. The van der Waals surface area contributed by atoms with Gasteiger partial charge in [-0.3, -0.25) is 9.99 Å². The van der Waals surface area contributed by atoms with Gasteiger partial charge in [-0.15, -0.1) is 0 Å². The van der Waals surface area contributed by atoms with Crippen molar-refractivity contribution in [1.29, 1.82) is 0 Å². The van der Waals surface area contributed by atoms with Crippen LogP contribution in [-0.4, -0.2) is 17.4 Å². The molecule has 16 heavy (non-hydrogen) atoms. The van der Waals surface area contributed by atoms with Crippen LogP contribution in [0.1, 0.15) is 6.42 Å². The van der Waals surface area contributed by atoms with Crippen molar-refractivity contribution in [2.45, 2.75) is 6.42 Å². The summed E-state index contributed by atoms with van der Waals surface area (Å²) in [7, 11) is 0. The van der Waals surface area contributed by atoms with Crippen molar-refractivity contribution in [1.82, 2.24) is 4.98 Å². The zero-order valence-electron chi connectivity index (χ0n) is 8.80. The van der Waals surface area contributed by atoms with E-state index in [1.54, 1.807) is 6.20 Å². The highest BCUT2D eigenvalue weighted by atomic mass is 15.5. The Morgan fingerprint density at radius 2 is 2.06 bits per heavy atom. The average molecular weight is 212 g/mol. The highest BCUT2D eigenvalue weighted by Gasteiger charge is 2.15. The summed E-state index contributed by atoms with van der Waals surface area (Å²) in [6, 6.07) is 10.1. The molecule has 0 saturated carbocycles. The van der Waals surface area contributed by atoms with Gasteiger partial charge < -0.3 is 5.73 Å². The molecule has 0 saturated heterocycles. The van der Waals surface area contributed by atoms with Crippen molar-refractivity contribution >= 4 is 22.4 Å². The van der Waals surface area contributed by atoms with E-state index in [4.69, 9.17) is 5.73 Å². The van der Waals surface area contributed by atoms with E-state index in [1.165, 1.54) is 0 Å². The maximum Gasteiger partial charge on any atom is 0.122 e. The standard InChI is InChI=1S/C12H12N4/c13-11-6-8-16(15-11)10-5-1-3-9-4-2-7-14-12(9)10/h1-5,7H,6,8H2,(H2,13,15). The molecule has 0 radical (unpaired) electrons. The van der Waals surface area contributed by atoms with Crippen LogP contribution in [0.5, 0.6) is 0 Å². The second-order valence-corrected chi connectivity index (χ2v) is 3.82. The van der Waals surface area contributed by atoms with Crippen LogP contribution < -0.4 is 10.7 Å². The van der Waals surface area contributed by atoms with Crippen LogP contribution in [-0.2, 0) is 0 Å². The fourth-order valence-electron chi connectivity index (χ4n) is 1.95. The normalized spacial score (nSPS) is 15.5. The predicted molar refractivity (Wildman–Crippen MR) is 65.3 cm³/mol. The molecular weight excluding hydrogens is 200 g/mol. The Morgan fingerprint density at radius 1 is 1.19 bits per heavy atom. The van der Waals surface area contributed by atoms with Crippen LogP contribution in [0.15, 0.2) is 41.6 Å². The number of hydrazone groups is 1. The van der Waals surface area contributed by atoms with Crippen LogP contribution >= 0.6 is 0 Å². The maximum absolute atomic E-state index is 5.69. The minimum absolute atomic E-state index is 0.688. The van der Waals surface area contributed by atoms with Crippen LogP contribution in [0.3, 0.4) is 0 Å². The third-order valence-electron chi connectivity index (χ3n) is 2.72. The Hall–Kier alpha value is -2.10. The number of pyridine rings is 1. The van der Waals surface area contributed by atoms with Crippen LogP contribution in [0, 0.1) is 0 Å². The fourth-order valence-corrected chi connectivity index (χ4v) is 1.95. The third kappa shape index (κ3) is 1.39. The third-order valence-corrected chi connectivity index (χ3v) is 2.72.